The third kappa shape index (κ3) is 4.15. The summed E-state index contributed by atoms with van der Waals surface area (Å²) in [5.41, 5.74) is 0.461. The minimum atomic E-state index is -0.934. The highest BCUT2D eigenvalue weighted by Gasteiger charge is 2.33. The number of para-hydroxylation sites is 1. The van der Waals surface area contributed by atoms with E-state index in [1.165, 1.54) is 6.92 Å². The highest BCUT2D eigenvalue weighted by molar-refractivity contribution is 6.33. The van der Waals surface area contributed by atoms with Crippen LogP contribution in [0.15, 0.2) is 54.6 Å². The fraction of sp³-hybridized carbons (Fsp3) is 0.263. The number of carbonyl (C=O) groups excluding carboxylic acids is 2. The van der Waals surface area contributed by atoms with E-state index >= 15 is 0 Å². The van der Waals surface area contributed by atoms with Crippen LogP contribution in [0, 0.1) is 0 Å². The van der Waals surface area contributed by atoms with E-state index in [1.807, 2.05) is 30.3 Å². The molecule has 5 heteroatoms. The molecule has 0 saturated heterocycles. The molecule has 0 spiro atoms. The second-order valence-electron chi connectivity index (χ2n) is 6.01. The standard InChI is InChI=1S/C19H20ClNO3/c1-13(17(22)21-16-12-8-7-11-15(16)20)24-18(23)19(2,3)14-9-5-4-6-10-14/h4-13H,1-3H3,(H,21,22)/t13-/m0/s1. The molecule has 24 heavy (non-hydrogen) atoms. The first-order chi connectivity index (χ1) is 11.3. The lowest BCUT2D eigenvalue weighted by Crippen LogP contribution is -2.37. The van der Waals surface area contributed by atoms with Crippen LogP contribution in [0.3, 0.4) is 0 Å². The molecule has 1 amide bonds. The summed E-state index contributed by atoms with van der Waals surface area (Å²) < 4.78 is 5.35. The van der Waals surface area contributed by atoms with Gasteiger partial charge in [-0.2, -0.15) is 0 Å². The Bertz CT molecular complexity index is 728. The van der Waals surface area contributed by atoms with E-state index in [9.17, 15) is 9.59 Å². The molecule has 0 aliphatic carbocycles. The van der Waals surface area contributed by atoms with Crippen molar-refractivity contribution in [3.8, 4) is 0 Å². The van der Waals surface area contributed by atoms with Gasteiger partial charge in [-0.15, -0.1) is 0 Å². The minimum absolute atomic E-state index is 0.425. The number of benzene rings is 2. The van der Waals surface area contributed by atoms with Gasteiger partial charge in [-0.25, -0.2) is 0 Å². The van der Waals surface area contributed by atoms with Crippen LogP contribution < -0.4 is 5.32 Å². The predicted octanol–water partition coefficient (Wildman–Crippen LogP) is 4.19. The maximum absolute atomic E-state index is 12.5. The number of esters is 1. The molecule has 0 aromatic heterocycles. The molecule has 0 heterocycles. The van der Waals surface area contributed by atoms with Crippen molar-refractivity contribution in [3.63, 3.8) is 0 Å². The number of anilines is 1. The molecule has 0 aliphatic rings. The smallest absolute Gasteiger partial charge is 0.316 e. The number of halogens is 1. The summed E-state index contributed by atoms with van der Waals surface area (Å²) in [7, 11) is 0. The number of rotatable bonds is 5. The number of hydrogen-bond donors (Lipinski definition) is 1. The molecule has 0 saturated carbocycles. The summed E-state index contributed by atoms with van der Waals surface area (Å²) in [5.74, 6) is -0.893. The number of amides is 1. The SMILES string of the molecule is C[C@H](OC(=O)C(C)(C)c1ccccc1)C(=O)Nc1ccccc1Cl. The molecule has 0 unspecified atom stereocenters. The molecule has 0 bridgehead atoms. The molecular formula is C19H20ClNO3. The van der Waals surface area contributed by atoms with Crippen LogP contribution >= 0.6 is 11.6 Å². The van der Waals surface area contributed by atoms with Gasteiger partial charge < -0.3 is 10.1 Å². The summed E-state index contributed by atoms with van der Waals surface area (Å²) in [6.45, 7) is 5.07. The maximum atomic E-state index is 12.5. The highest BCUT2D eigenvalue weighted by atomic mass is 35.5. The first kappa shape index (κ1) is 18.0. The molecule has 0 aliphatic heterocycles. The number of hydrogen-bond acceptors (Lipinski definition) is 3. The fourth-order valence-corrected chi connectivity index (χ4v) is 2.31. The molecule has 1 atom stereocenters. The van der Waals surface area contributed by atoms with E-state index in [4.69, 9.17) is 16.3 Å². The van der Waals surface area contributed by atoms with Crippen molar-refractivity contribution in [2.24, 2.45) is 0 Å². The van der Waals surface area contributed by atoms with Crippen LogP contribution in [0.1, 0.15) is 26.3 Å². The lowest BCUT2D eigenvalue weighted by Gasteiger charge is -2.25. The van der Waals surface area contributed by atoms with Crippen LogP contribution in [0.4, 0.5) is 5.69 Å². The van der Waals surface area contributed by atoms with Crippen molar-refractivity contribution >= 4 is 29.2 Å². The van der Waals surface area contributed by atoms with Gasteiger partial charge in [0.2, 0.25) is 0 Å². The third-order valence-corrected chi connectivity index (χ3v) is 4.12. The minimum Gasteiger partial charge on any atom is -0.452 e. The summed E-state index contributed by atoms with van der Waals surface area (Å²) >= 11 is 6.01. The van der Waals surface area contributed by atoms with Crippen molar-refractivity contribution in [3.05, 3.63) is 65.2 Å². The first-order valence-corrected chi connectivity index (χ1v) is 8.02. The Kier molecular flexibility index (Phi) is 5.62. The van der Waals surface area contributed by atoms with E-state index in [2.05, 4.69) is 5.32 Å². The molecule has 2 rings (SSSR count). The lowest BCUT2D eigenvalue weighted by molar-refractivity contribution is -0.158. The Hall–Kier alpha value is -2.33. The maximum Gasteiger partial charge on any atom is 0.316 e. The lowest BCUT2D eigenvalue weighted by atomic mass is 9.85. The highest BCUT2D eigenvalue weighted by Crippen LogP contribution is 2.25. The second kappa shape index (κ2) is 7.49. The Morgan fingerprint density at radius 1 is 1.04 bits per heavy atom. The third-order valence-electron chi connectivity index (χ3n) is 3.79. The summed E-state index contributed by atoms with van der Waals surface area (Å²) in [5, 5.41) is 3.08. The van der Waals surface area contributed by atoms with Gasteiger partial charge in [0.05, 0.1) is 16.1 Å². The van der Waals surface area contributed by atoms with Crippen LogP contribution in [0.5, 0.6) is 0 Å². The predicted molar refractivity (Wildman–Crippen MR) is 95.1 cm³/mol. The first-order valence-electron chi connectivity index (χ1n) is 7.64. The Morgan fingerprint density at radius 2 is 1.62 bits per heavy atom. The van der Waals surface area contributed by atoms with Crippen molar-refractivity contribution in [1.29, 1.82) is 0 Å². The largest absolute Gasteiger partial charge is 0.452 e. The molecule has 4 nitrogen and oxygen atoms in total. The Balaban J connectivity index is 2.03. The fourth-order valence-electron chi connectivity index (χ4n) is 2.13. The number of carbonyl (C=O) groups is 2. The van der Waals surface area contributed by atoms with E-state index in [1.54, 1.807) is 38.1 Å². The van der Waals surface area contributed by atoms with Crippen LogP contribution in [-0.2, 0) is 19.7 Å². The normalized spacial score (nSPS) is 12.3. The summed E-state index contributed by atoms with van der Waals surface area (Å²) in [4.78, 5) is 24.7. The summed E-state index contributed by atoms with van der Waals surface area (Å²) in [6, 6.07) is 16.2. The van der Waals surface area contributed by atoms with Crippen molar-refractivity contribution in [2.45, 2.75) is 32.3 Å². The zero-order chi connectivity index (χ0) is 17.7. The van der Waals surface area contributed by atoms with Gasteiger partial charge in [0, 0.05) is 0 Å². The van der Waals surface area contributed by atoms with E-state index < -0.39 is 23.4 Å². The monoisotopic (exact) mass is 345 g/mol. The molecule has 0 radical (unpaired) electrons. The Morgan fingerprint density at radius 3 is 2.25 bits per heavy atom. The van der Waals surface area contributed by atoms with Gasteiger partial charge in [0.15, 0.2) is 6.10 Å². The van der Waals surface area contributed by atoms with E-state index in [-0.39, 0.29) is 0 Å². The van der Waals surface area contributed by atoms with Crippen molar-refractivity contribution < 1.29 is 14.3 Å². The average molecular weight is 346 g/mol. The van der Waals surface area contributed by atoms with Gasteiger partial charge in [-0.3, -0.25) is 9.59 Å². The van der Waals surface area contributed by atoms with Crippen LogP contribution in [-0.4, -0.2) is 18.0 Å². The van der Waals surface area contributed by atoms with Gasteiger partial charge in [0.1, 0.15) is 0 Å². The quantitative estimate of drug-likeness (QED) is 0.827. The van der Waals surface area contributed by atoms with Crippen molar-refractivity contribution in [1.82, 2.24) is 0 Å². The van der Waals surface area contributed by atoms with Gasteiger partial charge in [-0.1, -0.05) is 54.1 Å². The molecular weight excluding hydrogens is 326 g/mol. The zero-order valence-corrected chi connectivity index (χ0v) is 14.6. The van der Waals surface area contributed by atoms with Gasteiger partial charge in [0.25, 0.3) is 5.91 Å². The summed E-state index contributed by atoms with van der Waals surface area (Å²) in [6.07, 6.45) is -0.934. The topological polar surface area (TPSA) is 55.4 Å². The molecule has 2 aromatic rings. The molecule has 0 fully saturated rings. The zero-order valence-electron chi connectivity index (χ0n) is 13.9. The second-order valence-corrected chi connectivity index (χ2v) is 6.41. The Labute approximate surface area is 146 Å². The molecule has 126 valence electrons. The molecule has 2 aromatic carbocycles. The van der Waals surface area contributed by atoms with Crippen LogP contribution in [0.25, 0.3) is 0 Å². The van der Waals surface area contributed by atoms with E-state index in [0.717, 1.165) is 5.56 Å². The molecule has 1 N–H and O–H groups in total. The number of nitrogens with one attached hydrogen (secondary N) is 1. The average Bonchev–Trinajstić information content (AvgIpc) is 2.57. The van der Waals surface area contributed by atoms with Crippen molar-refractivity contribution in [2.75, 3.05) is 5.32 Å². The number of ether oxygens (including phenoxy) is 1. The van der Waals surface area contributed by atoms with Gasteiger partial charge >= 0.3 is 5.97 Å². The van der Waals surface area contributed by atoms with Gasteiger partial charge in [-0.05, 0) is 38.5 Å². The van der Waals surface area contributed by atoms with Crippen LogP contribution in [0.2, 0.25) is 5.02 Å². The van der Waals surface area contributed by atoms with E-state index in [0.29, 0.717) is 10.7 Å².